The number of rotatable bonds is 6. The third-order valence-corrected chi connectivity index (χ3v) is 5.22. The van der Waals surface area contributed by atoms with Gasteiger partial charge >= 0.3 is 0 Å². The minimum Gasteiger partial charge on any atom is -0.385 e. The van der Waals surface area contributed by atoms with Crippen LogP contribution in [0.1, 0.15) is 57.8 Å². The lowest BCUT2D eigenvalue weighted by atomic mass is 9.82. The van der Waals surface area contributed by atoms with Gasteiger partial charge in [0.05, 0.1) is 0 Å². The third kappa shape index (κ3) is 5.42. The Bertz CT molecular complexity index is 319. The van der Waals surface area contributed by atoms with E-state index in [1.807, 2.05) is 0 Å². The predicted octanol–water partition coefficient (Wildman–Crippen LogP) is 2.64. The first-order valence-electron chi connectivity index (χ1n) is 8.17. The van der Waals surface area contributed by atoms with E-state index in [-0.39, 0.29) is 35.7 Å². The topological polar surface area (TPSA) is 64.3 Å². The van der Waals surface area contributed by atoms with Crippen LogP contribution in [-0.4, -0.2) is 32.2 Å². The predicted molar refractivity (Wildman–Crippen MR) is 87.6 cm³/mol. The van der Waals surface area contributed by atoms with Crippen molar-refractivity contribution in [3.63, 3.8) is 0 Å². The number of hydrogen-bond donors (Lipinski definition) is 2. The fraction of sp³-hybridized carbons (Fsp3) is 0.938. The molecule has 2 unspecified atom stereocenters. The molecule has 5 heteroatoms. The Labute approximate surface area is 135 Å². The van der Waals surface area contributed by atoms with Crippen LogP contribution in [0.2, 0.25) is 0 Å². The van der Waals surface area contributed by atoms with Gasteiger partial charge in [-0.25, -0.2) is 0 Å². The minimum absolute atomic E-state index is 0. The monoisotopic (exact) mass is 318 g/mol. The standard InChI is InChI=1S/C16H30N2O2.ClH/c1-20-10-9-16(7-2-3-8-16)12-18-15(19)13-5-4-6-14(17)11-13;/h13-14H,2-12,17H2,1H3,(H,18,19);1H. The summed E-state index contributed by atoms with van der Waals surface area (Å²) >= 11 is 0. The van der Waals surface area contributed by atoms with Crippen LogP contribution in [0.25, 0.3) is 0 Å². The van der Waals surface area contributed by atoms with Crippen LogP contribution in [0.4, 0.5) is 0 Å². The molecule has 3 N–H and O–H groups in total. The highest BCUT2D eigenvalue weighted by Gasteiger charge is 2.34. The maximum atomic E-state index is 12.3. The van der Waals surface area contributed by atoms with E-state index >= 15 is 0 Å². The van der Waals surface area contributed by atoms with Crippen LogP contribution in [0.15, 0.2) is 0 Å². The van der Waals surface area contributed by atoms with Crippen molar-refractivity contribution in [2.24, 2.45) is 17.1 Å². The van der Waals surface area contributed by atoms with Gasteiger partial charge in [0.1, 0.15) is 0 Å². The molecular formula is C16H31ClN2O2. The molecule has 0 spiro atoms. The molecule has 2 fully saturated rings. The van der Waals surface area contributed by atoms with Gasteiger partial charge in [-0.2, -0.15) is 0 Å². The molecule has 1 amide bonds. The van der Waals surface area contributed by atoms with E-state index in [4.69, 9.17) is 10.5 Å². The summed E-state index contributed by atoms with van der Waals surface area (Å²) in [6.07, 6.45) is 10.1. The fourth-order valence-corrected chi connectivity index (χ4v) is 3.84. The van der Waals surface area contributed by atoms with Crippen LogP contribution in [-0.2, 0) is 9.53 Å². The summed E-state index contributed by atoms with van der Waals surface area (Å²) in [7, 11) is 1.75. The van der Waals surface area contributed by atoms with Crippen molar-refractivity contribution in [2.45, 2.75) is 63.8 Å². The Morgan fingerprint density at radius 1 is 1.29 bits per heavy atom. The van der Waals surface area contributed by atoms with Gasteiger partial charge in [0.2, 0.25) is 5.91 Å². The van der Waals surface area contributed by atoms with E-state index in [0.717, 1.165) is 45.3 Å². The zero-order valence-corrected chi connectivity index (χ0v) is 14.1. The van der Waals surface area contributed by atoms with Crippen LogP contribution >= 0.6 is 12.4 Å². The van der Waals surface area contributed by atoms with E-state index in [9.17, 15) is 4.79 Å². The van der Waals surface area contributed by atoms with Crippen LogP contribution < -0.4 is 11.1 Å². The Kier molecular flexibility index (Phi) is 7.99. The van der Waals surface area contributed by atoms with Gasteiger partial charge in [0.25, 0.3) is 0 Å². The molecule has 0 aromatic rings. The summed E-state index contributed by atoms with van der Waals surface area (Å²) < 4.78 is 5.24. The molecule has 0 saturated heterocycles. The molecule has 0 aromatic heterocycles. The number of hydrogen-bond acceptors (Lipinski definition) is 3. The molecule has 4 nitrogen and oxygen atoms in total. The number of ether oxygens (including phenoxy) is 1. The summed E-state index contributed by atoms with van der Waals surface area (Å²) in [6, 6.07) is 0.216. The Hall–Kier alpha value is -0.320. The molecule has 2 rings (SSSR count). The number of nitrogens with two attached hydrogens (primary N) is 1. The molecule has 21 heavy (non-hydrogen) atoms. The second-order valence-corrected chi connectivity index (χ2v) is 6.79. The Morgan fingerprint density at radius 2 is 2.00 bits per heavy atom. The first-order valence-corrected chi connectivity index (χ1v) is 8.17. The summed E-state index contributed by atoms with van der Waals surface area (Å²) in [5.41, 5.74) is 6.26. The Balaban J connectivity index is 0.00000220. The first kappa shape index (κ1) is 18.7. The molecule has 0 aliphatic heterocycles. The minimum atomic E-state index is 0. The van der Waals surface area contributed by atoms with Crippen molar-refractivity contribution < 1.29 is 9.53 Å². The van der Waals surface area contributed by atoms with E-state index in [0.29, 0.717) is 0 Å². The zero-order chi connectivity index (χ0) is 14.4. The summed E-state index contributed by atoms with van der Waals surface area (Å²) in [5.74, 6) is 0.364. The van der Waals surface area contributed by atoms with E-state index in [1.165, 1.54) is 25.7 Å². The quantitative estimate of drug-likeness (QED) is 0.791. The van der Waals surface area contributed by atoms with E-state index in [1.54, 1.807) is 7.11 Å². The highest BCUT2D eigenvalue weighted by molar-refractivity contribution is 5.85. The van der Waals surface area contributed by atoms with Gasteiger partial charge in [-0.15, -0.1) is 12.4 Å². The molecule has 2 saturated carbocycles. The highest BCUT2D eigenvalue weighted by atomic mass is 35.5. The van der Waals surface area contributed by atoms with Gasteiger partial charge in [-0.05, 0) is 43.9 Å². The molecule has 0 bridgehead atoms. The molecule has 2 aliphatic rings. The molecular weight excluding hydrogens is 288 g/mol. The second kappa shape index (κ2) is 8.96. The number of amides is 1. The highest BCUT2D eigenvalue weighted by Crippen LogP contribution is 2.40. The van der Waals surface area contributed by atoms with Gasteiger partial charge in [0.15, 0.2) is 0 Å². The lowest BCUT2D eigenvalue weighted by Crippen LogP contribution is -2.42. The number of methoxy groups -OCH3 is 1. The number of carbonyl (C=O) groups is 1. The molecule has 0 radical (unpaired) electrons. The summed E-state index contributed by atoms with van der Waals surface area (Å²) in [5, 5.41) is 3.21. The molecule has 0 aromatic carbocycles. The van der Waals surface area contributed by atoms with Crippen LogP contribution in [0.5, 0.6) is 0 Å². The van der Waals surface area contributed by atoms with Crippen LogP contribution in [0.3, 0.4) is 0 Å². The summed E-state index contributed by atoms with van der Waals surface area (Å²) in [4.78, 5) is 12.3. The van der Waals surface area contributed by atoms with Crippen molar-refractivity contribution >= 4 is 18.3 Å². The van der Waals surface area contributed by atoms with E-state index in [2.05, 4.69) is 5.32 Å². The number of halogens is 1. The average Bonchev–Trinajstić information content (AvgIpc) is 2.92. The van der Waals surface area contributed by atoms with Crippen molar-refractivity contribution in [3.8, 4) is 0 Å². The average molecular weight is 319 g/mol. The first-order chi connectivity index (χ1) is 9.65. The fourth-order valence-electron chi connectivity index (χ4n) is 3.84. The third-order valence-electron chi connectivity index (χ3n) is 5.22. The van der Waals surface area contributed by atoms with Gasteiger partial charge in [-0.3, -0.25) is 4.79 Å². The molecule has 2 atom stereocenters. The maximum absolute atomic E-state index is 12.3. The lowest BCUT2D eigenvalue weighted by molar-refractivity contribution is -0.126. The number of carbonyl (C=O) groups excluding carboxylic acids is 1. The molecule has 124 valence electrons. The second-order valence-electron chi connectivity index (χ2n) is 6.79. The molecule has 2 aliphatic carbocycles. The van der Waals surface area contributed by atoms with Crippen molar-refractivity contribution in [2.75, 3.05) is 20.3 Å². The van der Waals surface area contributed by atoms with Crippen molar-refractivity contribution in [1.29, 1.82) is 0 Å². The van der Waals surface area contributed by atoms with Gasteiger partial charge in [-0.1, -0.05) is 19.3 Å². The van der Waals surface area contributed by atoms with Crippen molar-refractivity contribution in [1.82, 2.24) is 5.32 Å². The van der Waals surface area contributed by atoms with Crippen LogP contribution in [0, 0.1) is 11.3 Å². The van der Waals surface area contributed by atoms with E-state index < -0.39 is 0 Å². The van der Waals surface area contributed by atoms with Crippen molar-refractivity contribution in [3.05, 3.63) is 0 Å². The molecule has 0 heterocycles. The number of nitrogens with one attached hydrogen (secondary N) is 1. The van der Waals surface area contributed by atoms with Gasteiger partial charge in [0, 0.05) is 32.2 Å². The SMILES string of the molecule is COCCC1(CNC(=O)C2CCCC(N)C2)CCCC1.Cl. The lowest BCUT2D eigenvalue weighted by Gasteiger charge is -2.31. The maximum Gasteiger partial charge on any atom is 0.223 e. The Morgan fingerprint density at radius 3 is 2.62 bits per heavy atom. The zero-order valence-electron chi connectivity index (χ0n) is 13.2. The smallest absolute Gasteiger partial charge is 0.223 e. The largest absolute Gasteiger partial charge is 0.385 e. The van der Waals surface area contributed by atoms with Gasteiger partial charge < -0.3 is 15.8 Å². The summed E-state index contributed by atoms with van der Waals surface area (Å²) in [6.45, 7) is 1.62. The normalized spacial score (nSPS) is 27.9.